The smallest absolute Gasteiger partial charge is 0.128 e. The van der Waals surface area contributed by atoms with Crippen LogP contribution in [0.4, 0.5) is 11.4 Å². The van der Waals surface area contributed by atoms with E-state index in [9.17, 15) is 10.2 Å². The second-order valence-corrected chi connectivity index (χ2v) is 8.28. The monoisotopic (exact) mass is 444 g/mol. The lowest BCUT2D eigenvalue weighted by Gasteiger charge is -2.08. The number of ether oxygens (including phenoxy) is 1. The van der Waals surface area contributed by atoms with Gasteiger partial charge >= 0.3 is 0 Å². The fourth-order valence-electron chi connectivity index (χ4n) is 3.30. The van der Waals surface area contributed by atoms with Crippen LogP contribution in [0.15, 0.2) is 58.5 Å². The number of rotatable bonds is 9. The molecule has 0 atom stereocenters. The minimum atomic E-state index is 0.116. The number of nitrogens with zero attached hydrogens (tertiary/aromatic N) is 2. The molecule has 3 aromatic carbocycles. The van der Waals surface area contributed by atoms with Crippen LogP contribution in [0.3, 0.4) is 0 Å². The Labute approximate surface area is 196 Å². The van der Waals surface area contributed by atoms with E-state index in [0.717, 1.165) is 36.0 Å². The normalized spacial score (nSPS) is 11.5. The zero-order valence-electron chi connectivity index (χ0n) is 19.8. The molecule has 0 unspecified atom stereocenters. The molecule has 0 spiro atoms. The van der Waals surface area contributed by atoms with E-state index >= 15 is 0 Å². The van der Waals surface area contributed by atoms with Crippen LogP contribution in [0.25, 0.3) is 0 Å². The van der Waals surface area contributed by atoms with Crippen LogP contribution >= 0.6 is 0 Å². The van der Waals surface area contributed by atoms with Gasteiger partial charge in [-0.05, 0) is 80.3 Å². The van der Waals surface area contributed by atoms with Crippen molar-refractivity contribution in [1.29, 1.82) is 0 Å². The molecule has 0 saturated heterocycles. The molecule has 3 rings (SSSR count). The number of aryl methyl sites for hydroxylation is 3. The number of hydrogen-bond donors (Lipinski definition) is 2. The van der Waals surface area contributed by atoms with E-state index in [1.165, 1.54) is 0 Å². The first kappa shape index (κ1) is 24.1. The Bertz CT molecular complexity index is 1170. The number of aliphatic imine (C=N–C) groups is 2. The van der Waals surface area contributed by atoms with Gasteiger partial charge in [0.2, 0.25) is 0 Å². The number of unbranched alkanes of at least 4 members (excludes halogenated alkanes) is 2. The van der Waals surface area contributed by atoms with E-state index in [2.05, 4.69) is 16.9 Å². The second-order valence-electron chi connectivity index (χ2n) is 8.28. The van der Waals surface area contributed by atoms with Crippen molar-refractivity contribution >= 4 is 23.8 Å². The Kier molecular flexibility index (Phi) is 8.25. The largest absolute Gasteiger partial charge is 0.507 e. The van der Waals surface area contributed by atoms with Crippen molar-refractivity contribution in [2.75, 3.05) is 6.61 Å². The van der Waals surface area contributed by atoms with E-state index in [1.807, 2.05) is 51.1 Å². The highest BCUT2D eigenvalue weighted by Crippen LogP contribution is 2.32. The molecule has 5 heteroatoms. The van der Waals surface area contributed by atoms with Crippen LogP contribution in [0.1, 0.15) is 54.0 Å². The molecule has 0 aliphatic heterocycles. The number of hydrogen-bond acceptors (Lipinski definition) is 5. The minimum Gasteiger partial charge on any atom is -0.507 e. The predicted octanol–water partition coefficient (Wildman–Crippen LogP) is 7.09. The first-order valence-corrected chi connectivity index (χ1v) is 11.3. The molecule has 0 bridgehead atoms. The summed E-state index contributed by atoms with van der Waals surface area (Å²) in [5.41, 5.74) is 5.78. The molecule has 0 radical (unpaired) electrons. The Morgan fingerprint density at radius 3 is 1.88 bits per heavy atom. The summed E-state index contributed by atoms with van der Waals surface area (Å²) < 4.78 is 5.70. The van der Waals surface area contributed by atoms with Gasteiger partial charge in [-0.15, -0.1) is 0 Å². The van der Waals surface area contributed by atoms with E-state index in [0.29, 0.717) is 34.9 Å². The zero-order valence-corrected chi connectivity index (χ0v) is 19.8. The van der Waals surface area contributed by atoms with Crippen molar-refractivity contribution in [2.24, 2.45) is 9.98 Å². The molecule has 0 fully saturated rings. The lowest BCUT2D eigenvalue weighted by Crippen LogP contribution is -1.97. The van der Waals surface area contributed by atoms with Gasteiger partial charge in [-0.2, -0.15) is 0 Å². The van der Waals surface area contributed by atoms with Gasteiger partial charge in [0.25, 0.3) is 0 Å². The summed E-state index contributed by atoms with van der Waals surface area (Å²) in [4.78, 5) is 9.19. The fraction of sp³-hybridized carbons (Fsp3) is 0.286. The molecule has 0 aliphatic rings. The van der Waals surface area contributed by atoms with Gasteiger partial charge in [0.1, 0.15) is 17.2 Å². The van der Waals surface area contributed by atoms with Crippen LogP contribution in [0, 0.1) is 20.8 Å². The van der Waals surface area contributed by atoms with E-state index in [4.69, 9.17) is 4.74 Å². The summed E-state index contributed by atoms with van der Waals surface area (Å²) in [6.07, 6.45) is 6.53. The van der Waals surface area contributed by atoms with Gasteiger partial charge in [-0.3, -0.25) is 9.98 Å². The average molecular weight is 445 g/mol. The number of phenols is 2. The molecule has 5 nitrogen and oxygen atoms in total. The zero-order chi connectivity index (χ0) is 23.8. The number of phenolic OH excluding ortho intramolecular Hbond substituents is 2. The summed E-state index contributed by atoms with van der Waals surface area (Å²) in [5.74, 6) is 0.954. The summed E-state index contributed by atoms with van der Waals surface area (Å²) in [7, 11) is 0. The third-order valence-electron chi connectivity index (χ3n) is 5.48. The Balaban J connectivity index is 1.83. The highest BCUT2D eigenvalue weighted by molar-refractivity contribution is 5.89. The molecule has 172 valence electrons. The summed E-state index contributed by atoms with van der Waals surface area (Å²) in [5, 5.41) is 20.6. The topological polar surface area (TPSA) is 74.4 Å². The first-order valence-electron chi connectivity index (χ1n) is 11.3. The Morgan fingerprint density at radius 1 is 0.758 bits per heavy atom. The quantitative estimate of drug-likeness (QED) is 0.273. The molecule has 2 N–H and O–H groups in total. The van der Waals surface area contributed by atoms with Gasteiger partial charge in [0, 0.05) is 29.6 Å². The van der Waals surface area contributed by atoms with Crippen LogP contribution in [0.2, 0.25) is 0 Å². The second kappa shape index (κ2) is 11.3. The van der Waals surface area contributed by atoms with Crippen LogP contribution in [-0.4, -0.2) is 29.2 Å². The molecule has 3 aromatic rings. The molecule has 33 heavy (non-hydrogen) atoms. The maximum absolute atomic E-state index is 10.4. The van der Waals surface area contributed by atoms with Gasteiger partial charge in [-0.1, -0.05) is 25.8 Å². The highest BCUT2D eigenvalue weighted by atomic mass is 16.5. The molecular weight excluding hydrogens is 412 g/mol. The van der Waals surface area contributed by atoms with Crippen molar-refractivity contribution < 1.29 is 14.9 Å². The summed E-state index contributed by atoms with van der Waals surface area (Å²) in [6, 6.07) is 14.7. The van der Waals surface area contributed by atoms with Gasteiger partial charge < -0.3 is 14.9 Å². The Hall–Kier alpha value is -3.60. The number of aromatic hydroxyl groups is 2. The van der Waals surface area contributed by atoms with E-state index < -0.39 is 0 Å². The minimum absolute atomic E-state index is 0.116. The lowest BCUT2D eigenvalue weighted by atomic mass is 10.1. The predicted molar refractivity (Wildman–Crippen MR) is 136 cm³/mol. The lowest BCUT2D eigenvalue weighted by molar-refractivity contribution is 0.304. The molecule has 0 aliphatic carbocycles. The van der Waals surface area contributed by atoms with E-state index in [-0.39, 0.29) is 11.5 Å². The van der Waals surface area contributed by atoms with Crippen molar-refractivity contribution in [3.8, 4) is 17.2 Å². The third kappa shape index (κ3) is 6.69. The molecular formula is C28H32N2O3. The van der Waals surface area contributed by atoms with Crippen LogP contribution in [0.5, 0.6) is 17.2 Å². The third-order valence-corrected chi connectivity index (χ3v) is 5.48. The van der Waals surface area contributed by atoms with Crippen molar-refractivity contribution in [2.45, 2.75) is 47.0 Å². The van der Waals surface area contributed by atoms with Gasteiger partial charge in [0.05, 0.1) is 18.0 Å². The summed E-state index contributed by atoms with van der Waals surface area (Å²) >= 11 is 0. The SMILES string of the molecule is CCCCCOc1ccc(/C=N/c2cc(C)c(C)cc2/N=C/c2ccc(C)cc2O)c(O)c1. The first-order chi connectivity index (χ1) is 15.9. The Morgan fingerprint density at radius 2 is 1.33 bits per heavy atom. The van der Waals surface area contributed by atoms with Crippen molar-refractivity contribution in [1.82, 2.24) is 0 Å². The van der Waals surface area contributed by atoms with Crippen molar-refractivity contribution in [3.63, 3.8) is 0 Å². The molecule has 0 amide bonds. The van der Waals surface area contributed by atoms with Crippen LogP contribution in [-0.2, 0) is 0 Å². The molecule has 0 heterocycles. The molecule has 0 aromatic heterocycles. The van der Waals surface area contributed by atoms with E-state index in [1.54, 1.807) is 30.6 Å². The van der Waals surface area contributed by atoms with Gasteiger partial charge in [-0.25, -0.2) is 0 Å². The van der Waals surface area contributed by atoms with Crippen LogP contribution < -0.4 is 4.74 Å². The standard InChI is InChI=1S/C28H32N2O3/c1-5-6-7-12-33-24-11-10-23(28(32)16-24)18-30-26-15-21(4)20(3)14-25(26)29-17-22-9-8-19(2)13-27(22)31/h8-11,13-18,31-32H,5-7,12H2,1-4H3/b29-17+,30-18+. The summed E-state index contributed by atoms with van der Waals surface area (Å²) in [6.45, 7) is 8.77. The fourth-order valence-corrected chi connectivity index (χ4v) is 3.30. The maximum Gasteiger partial charge on any atom is 0.128 e. The maximum atomic E-state index is 10.4. The van der Waals surface area contributed by atoms with Crippen molar-refractivity contribution in [3.05, 3.63) is 76.3 Å². The highest BCUT2D eigenvalue weighted by Gasteiger charge is 2.06. The average Bonchev–Trinajstić information content (AvgIpc) is 2.78. The molecule has 0 saturated carbocycles. The number of benzene rings is 3. The van der Waals surface area contributed by atoms with Gasteiger partial charge in [0.15, 0.2) is 0 Å².